The van der Waals surface area contributed by atoms with Crippen molar-refractivity contribution in [1.82, 2.24) is 9.97 Å². The van der Waals surface area contributed by atoms with Gasteiger partial charge >= 0.3 is 0 Å². The highest BCUT2D eigenvalue weighted by molar-refractivity contribution is 5.79. The zero-order valence-corrected chi connectivity index (χ0v) is 19.9. The van der Waals surface area contributed by atoms with Crippen LogP contribution in [0.5, 0.6) is 11.5 Å². The van der Waals surface area contributed by atoms with Crippen molar-refractivity contribution >= 4 is 11.0 Å². The predicted molar refractivity (Wildman–Crippen MR) is 104 cm³/mol. The molecule has 8 heteroatoms. The number of rotatable bonds is 6. The van der Waals surface area contributed by atoms with Crippen LogP contribution in [-0.2, 0) is 13.1 Å². The summed E-state index contributed by atoms with van der Waals surface area (Å²) in [5, 5.41) is 0. The molecule has 0 radical (unpaired) electrons. The summed E-state index contributed by atoms with van der Waals surface area (Å²) in [6.07, 6.45) is 8.11. The topological polar surface area (TPSA) is 52.0 Å². The maximum Gasteiger partial charge on any atom is 0.192 e. The maximum absolute atomic E-state index is 5.43. The first kappa shape index (κ1) is 23.7. The number of hydrogen-bond donors (Lipinski definition) is 0. The second-order valence-electron chi connectivity index (χ2n) is 6.41. The van der Waals surface area contributed by atoms with Crippen molar-refractivity contribution in [3.05, 3.63) is 84.7 Å². The molecule has 0 aliphatic heterocycles. The van der Waals surface area contributed by atoms with Crippen molar-refractivity contribution < 1.29 is 52.6 Å². The summed E-state index contributed by atoms with van der Waals surface area (Å²) in [5.74, 6) is 1.29. The van der Waals surface area contributed by atoms with E-state index in [0.29, 0.717) is 24.6 Å². The summed E-state index contributed by atoms with van der Waals surface area (Å²) in [6, 6.07) is 15.8. The van der Waals surface area contributed by atoms with E-state index in [4.69, 9.17) is 19.4 Å². The average molecular weight is 534 g/mol. The van der Waals surface area contributed by atoms with Crippen LogP contribution in [0.2, 0.25) is 0 Å². The summed E-state index contributed by atoms with van der Waals surface area (Å²) >= 11 is 0. The van der Waals surface area contributed by atoms with Crippen molar-refractivity contribution in [2.24, 2.45) is 0 Å². The third-order valence-corrected chi connectivity index (χ3v) is 4.54. The lowest BCUT2D eigenvalue weighted by atomic mass is 10.2. The third-order valence-electron chi connectivity index (χ3n) is 4.54. The summed E-state index contributed by atoms with van der Waals surface area (Å²) in [4.78, 5) is 9.84. The van der Waals surface area contributed by atoms with Crippen molar-refractivity contribution in [3.8, 4) is 11.5 Å². The zero-order chi connectivity index (χ0) is 19.3. The number of aromatic nitrogens is 4. The van der Waals surface area contributed by atoms with Crippen LogP contribution >= 0.6 is 0 Å². The van der Waals surface area contributed by atoms with Crippen LogP contribution in [0.4, 0.5) is 0 Å². The Hall–Kier alpha value is -2.58. The standard InChI is InChI=1S/C22H22N4O2.2BrH/c1-27-21-13-17-18(14-22(21)28-2)24-20(16-26-11-7-4-8-12-26)19(23-17)15-25-9-5-3-6-10-25;;/h3-14H,15-16H2,1-2H3;2*1H/q+2;;/p-2. The molecule has 0 N–H and O–H groups in total. The van der Waals surface area contributed by atoms with Gasteiger partial charge in [0.25, 0.3) is 0 Å². The Morgan fingerprint density at radius 3 is 1.33 bits per heavy atom. The van der Waals surface area contributed by atoms with Crippen molar-refractivity contribution in [2.75, 3.05) is 14.2 Å². The third kappa shape index (κ3) is 5.31. The fraction of sp³-hybridized carbons (Fsp3) is 0.182. The molecule has 4 rings (SSSR count). The van der Waals surface area contributed by atoms with E-state index in [2.05, 4.69) is 9.13 Å². The van der Waals surface area contributed by atoms with Crippen molar-refractivity contribution in [2.45, 2.75) is 13.1 Å². The molecule has 0 amide bonds. The van der Waals surface area contributed by atoms with Gasteiger partial charge in [0.05, 0.1) is 25.3 Å². The van der Waals surface area contributed by atoms with E-state index in [1.807, 2.05) is 73.3 Å². The second kappa shape index (κ2) is 11.0. The first-order valence-corrected chi connectivity index (χ1v) is 9.06. The first-order chi connectivity index (χ1) is 13.8. The number of benzene rings is 1. The Morgan fingerprint density at radius 1 is 0.633 bits per heavy atom. The normalized spacial score (nSPS) is 10.1. The fourth-order valence-electron chi connectivity index (χ4n) is 3.14. The van der Waals surface area contributed by atoms with E-state index in [1.54, 1.807) is 14.2 Å². The van der Waals surface area contributed by atoms with E-state index >= 15 is 0 Å². The predicted octanol–water partition coefficient (Wildman–Crippen LogP) is -3.67. The molecule has 1 aromatic carbocycles. The van der Waals surface area contributed by atoms with Gasteiger partial charge in [0.1, 0.15) is 11.4 Å². The van der Waals surface area contributed by atoms with Crippen LogP contribution in [0.3, 0.4) is 0 Å². The van der Waals surface area contributed by atoms with Crippen molar-refractivity contribution in [1.29, 1.82) is 0 Å². The van der Waals surface area contributed by atoms with Gasteiger partial charge in [-0.05, 0) is 0 Å². The SMILES string of the molecule is COc1cc2nc(C[n+]3ccccc3)c(C[n+]3ccccc3)nc2cc1OC.[Br-].[Br-]. The minimum atomic E-state index is 0. The first-order valence-electron chi connectivity index (χ1n) is 9.06. The Bertz CT molecular complexity index is 1010. The highest BCUT2D eigenvalue weighted by atomic mass is 79.9. The monoisotopic (exact) mass is 532 g/mol. The van der Waals surface area contributed by atoms with Crippen LogP contribution in [0, 0.1) is 0 Å². The highest BCUT2D eigenvalue weighted by Crippen LogP contribution is 2.31. The van der Waals surface area contributed by atoms with Crippen molar-refractivity contribution in [3.63, 3.8) is 0 Å². The average Bonchev–Trinajstić information content (AvgIpc) is 2.74. The number of fused-ring (bicyclic) bond motifs is 1. The molecule has 0 spiro atoms. The zero-order valence-electron chi connectivity index (χ0n) is 16.7. The summed E-state index contributed by atoms with van der Waals surface area (Å²) < 4.78 is 15.0. The van der Waals surface area contributed by atoms with Gasteiger partial charge in [-0.3, -0.25) is 0 Å². The van der Waals surface area contributed by atoms with Crippen LogP contribution in [-0.4, -0.2) is 24.2 Å². The molecule has 156 valence electrons. The Kier molecular flexibility index (Phi) is 8.68. The number of hydrogen-bond acceptors (Lipinski definition) is 4. The molecule has 30 heavy (non-hydrogen) atoms. The molecule has 4 aromatic rings. The number of ether oxygens (including phenoxy) is 2. The summed E-state index contributed by atoms with van der Waals surface area (Å²) in [7, 11) is 3.25. The molecular weight excluding hydrogens is 512 g/mol. The number of halogens is 2. The summed E-state index contributed by atoms with van der Waals surface area (Å²) in [6.45, 7) is 1.28. The molecule has 0 aliphatic rings. The van der Waals surface area contributed by atoms with Crippen LogP contribution in [0.15, 0.2) is 73.3 Å². The minimum absolute atomic E-state index is 0. The van der Waals surface area contributed by atoms with E-state index in [-0.39, 0.29) is 34.0 Å². The van der Waals surface area contributed by atoms with Gasteiger partial charge in [-0.25, -0.2) is 9.97 Å². The molecule has 0 aliphatic carbocycles. The molecule has 0 unspecified atom stereocenters. The molecule has 0 atom stereocenters. The fourth-order valence-corrected chi connectivity index (χ4v) is 3.14. The van der Waals surface area contributed by atoms with Gasteiger partial charge < -0.3 is 43.4 Å². The number of pyridine rings is 2. The van der Waals surface area contributed by atoms with Gasteiger partial charge in [0.15, 0.2) is 49.4 Å². The van der Waals surface area contributed by atoms with Crippen LogP contribution < -0.4 is 52.6 Å². The molecule has 6 nitrogen and oxygen atoms in total. The molecule has 0 fully saturated rings. The summed E-state index contributed by atoms with van der Waals surface area (Å²) in [5.41, 5.74) is 3.41. The van der Waals surface area contributed by atoms with Crippen LogP contribution in [0.1, 0.15) is 11.4 Å². The lowest BCUT2D eigenvalue weighted by Crippen LogP contribution is -3.00. The maximum atomic E-state index is 5.43. The smallest absolute Gasteiger partial charge is 0.192 e. The quantitative estimate of drug-likeness (QED) is 0.240. The van der Waals surface area contributed by atoms with Gasteiger partial charge in [-0.1, -0.05) is 12.1 Å². The molecule has 3 heterocycles. The largest absolute Gasteiger partial charge is 1.00 e. The number of nitrogens with zero attached hydrogens (tertiary/aromatic N) is 4. The molecular formula is C22H22Br2N4O2. The lowest BCUT2D eigenvalue weighted by Gasteiger charge is -2.10. The Labute approximate surface area is 196 Å². The van der Waals surface area contributed by atoms with E-state index in [9.17, 15) is 0 Å². The molecule has 0 saturated carbocycles. The number of methoxy groups -OCH3 is 2. The van der Waals surface area contributed by atoms with Crippen LogP contribution in [0.25, 0.3) is 11.0 Å². The van der Waals surface area contributed by atoms with Gasteiger partial charge in [-0.15, -0.1) is 0 Å². The van der Waals surface area contributed by atoms with E-state index < -0.39 is 0 Å². The second-order valence-corrected chi connectivity index (χ2v) is 6.41. The molecule has 0 bridgehead atoms. The molecule has 0 saturated heterocycles. The molecule has 3 aromatic heterocycles. The van der Waals surface area contributed by atoms with Gasteiger partial charge in [-0.2, -0.15) is 9.13 Å². The highest BCUT2D eigenvalue weighted by Gasteiger charge is 2.18. The van der Waals surface area contributed by atoms with Gasteiger partial charge in [0, 0.05) is 36.4 Å². The Balaban J connectivity index is 0.00000160. The minimum Gasteiger partial charge on any atom is -1.00 e. The lowest BCUT2D eigenvalue weighted by molar-refractivity contribution is -0.694. The van der Waals surface area contributed by atoms with E-state index in [0.717, 1.165) is 22.4 Å². The van der Waals surface area contributed by atoms with E-state index in [1.165, 1.54) is 0 Å². The van der Waals surface area contributed by atoms with Gasteiger partial charge in [0.2, 0.25) is 0 Å². The Morgan fingerprint density at radius 2 is 1.00 bits per heavy atom.